The summed E-state index contributed by atoms with van der Waals surface area (Å²) in [7, 11) is 0. The van der Waals surface area contributed by atoms with Gasteiger partial charge in [-0.2, -0.15) is 0 Å². The molecule has 23 heavy (non-hydrogen) atoms. The van der Waals surface area contributed by atoms with Crippen molar-refractivity contribution in [3.8, 4) is 0 Å². The first kappa shape index (κ1) is 15.3. The molecule has 1 heterocycles. The number of nitrogens with one attached hydrogen (secondary N) is 1. The fraction of sp³-hybridized carbons (Fsp3) is 0.353. The molecule has 6 nitrogen and oxygen atoms in total. The summed E-state index contributed by atoms with van der Waals surface area (Å²) in [6.45, 7) is 3.86. The molecule has 0 bridgehead atoms. The lowest BCUT2D eigenvalue weighted by molar-refractivity contribution is -0.138. The molecule has 0 saturated carbocycles. The monoisotopic (exact) mass is 314 g/mol. The minimum atomic E-state index is -0.873. The van der Waals surface area contributed by atoms with E-state index >= 15 is 0 Å². The van der Waals surface area contributed by atoms with Crippen LogP contribution in [0.25, 0.3) is 0 Å². The second kappa shape index (κ2) is 5.87. The third-order valence-electron chi connectivity index (χ3n) is 4.21. The molecule has 1 aliphatic rings. The van der Waals surface area contributed by atoms with Crippen LogP contribution >= 0.6 is 0 Å². The molecule has 0 saturated heterocycles. The van der Waals surface area contributed by atoms with E-state index in [4.69, 9.17) is 4.52 Å². The van der Waals surface area contributed by atoms with Crippen molar-refractivity contribution in [2.24, 2.45) is 0 Å². The Morgan fingerprint density at radius 1 is 1.30 bits per heavy atom. The average Bonchev–Trinajstić information content (AvgIpc) is 3.12. The van der Waals surface area contributed by atoms with Crippen LogP contribution in [-0.4, -0.2) is 22.1 Å². The number of carboxylic acid groups (broad SMARTS) is 1. The summed E-state index contributed by atoms with van der Waals surface area (Å²) in [5.74, 6) is -1.69. The van der Waals surface area contributed by atoms with Crippen LogP contribution < -0.4 is 5.32 Å². The highest BCUT2D eigenvalue weighted by molar-refractivity contribution is 5.95. The van der Waals surface area contributed by atoms with Crippen molar-refractivity contribution in [1.29, 1.82) is 0 Å². The highest BCUT2D eigenvalue weighted by Gasteiger charge is 2.36. The molecule has 0 spiro atoms. The van der Waals surface area contributed by atoms with Crippen LogP contribution in [0.5, 0.6) is 0 Å². The van der Waals surface area contributed by atoms with Gasteiger partial charge < -0.3 is 14.9 Å². The number of nitrogens with zero attached hydrogens (tertiary/aromatic N) is 1. The molecule has 1 aromatic heterocycles. The minimum Gasteiger partial charge on any atom is -0.481 e. The largest absolute Gasteiger partial charge is 0.481 e. The quantitative estimate of drug-likeness (QED) is 0.905. The molecule has 1 aliphatic carbocycles. The second-order valence-electron chi connectivity index (χ2n) is 6.05. The topological polar surface area (TPSA) is 92.4 Å². The van der Waals surface area contributed by atoms with E-state index < -0.39 is 11.9 Å². The molecule has 1 aromatic carbocycles. The number of amides is 1. The van der Waals surface area contributed by atoms with Crippen molar-refractivity contribution in [2.75, 3.05) is 0 Å². The van der Waals surface area contributed by atoms with Crippen molar-refractivity contribution in [2.45, 2.75) is 38.1 Å². The molecule has 2 unspecified atom stereocenters. The zero-order valence-electron chi connectivity index (χ0n) is 12.9. The van der Waals surface area contributed by atoms with Crippen LogP contribution in [0.4, 0.5) is 0 Å². The van der Waals surface area contributed by atoms with Gasteiger partial charge in [-0.05, 0) is 23.5 Å². The molecule has 6 heteroatoms. The Morgan fingerprint density at radius 2 is 2.00 bits per heavy atom. The number of hydrogen-bond donors (Lipinski definition) is 2. The molecular formula is C17H18N2O4. The van der Waals surface area contributed by atoms with Gasteiger partial charge in [0.1, 0.15) is 11.8 Å². The summed E-state index contributed by atoms with van der Waals surface area (Å²) in [6.07, 6.45) is 1.68. The van der Waals surface area contributed by atoms with Crippen LogP contribution in [0.1, 0.15) is 65.3 Å². The van der Waals surface area contributed by atoms with E-state index in [0.29, 0.717) is 17.7 Å². The van der Waals surface area contributed by atoms with E-state index in [1.54, 1.807) is 6.07 Å². The first-order valence-corrected chi connectivity index (χ1v) is 7.55. The number of benzene rings is 1. The number of hydrogen-bond acceptors (Lipinski definition) is 4. The Bertz CT molecular complexity index is 751. The lowest BCUT2D eigenvalue weighted by Crippen LogP contribution is -2.28. The summed E-state index contributed by atoms with van der Waals surface area (Å²) in [6, 6.07) is 7.01. The maximum Gasteiger partial charge on any atom is 0.311 e. The molecule has 0 radical (unpaired) electrons. The molecule has 0 aliphatic heterocycles. The number of rotatable bonds is 4. The van der Waals surface area contributed by atoms with Gasteiger partial charge >= 0.3 is 5.97 Å². The molecular weight excluding hydrogens is 296 g/mol. The SMILES string of the molecule is CC(C)c1nocc1C(=O)NC1CC(C(=O)O)c2ccccc21. The lowest BCUT2D eigenvalue weighted by Gasteiger charge is -2.14. The zero-order valence-corrected chi connectivity index (χ0v) is 12.9. The van der Waals surface area contributed by atoms with Crippen molar-refractivity contribution < 1.29 is 19.2 Å². The smallest absolute Gasteiger partial charge is 0.311 e. The average molecular weight is 314 g/mol. The predicted octanol–water partition coefficient (Wildman–Crippen LogP) is 2.84. The summed E-state index contributed by atoms with van der Waals surface area (Å²) in [5, 5.41) is 16.2. The fourth-order valence-electron chi connectivity index (χ4n) is 3.07. The standard InChI is InChI=1S/C17H18N2O4/c1-9(2)15-13(8-23-19-15)16(20)18-14-7-12(17(21)22)10-5-3-4-6-11(10)14/h3-6,8-9,12,14H,7H2,1-2H3,(H,18,20)(H,21,22). The van der Waals surface area contributed by atoms with Gasteiger partial charge in [0.15, 0.2) is 0 Å². The van der Waals surface area contributed by atoms with Crippen LogP contribution in [0.2, 0.25) is 0 Å². The molecule has 1 amide bonds. The Hall–Kier alpha value is -2.63. The third kappa shape index (κ3) is 2.72. The molecule has 2 atom stereocenters. The fourth-order valence-corrected chi connectivity index (χ4v) is 3.07. The van der Waals surface area contributed by atoms with E-state index in [1.165, 1.54) is 6.26 Å². The minimum absolute atomic E-state index is 0.0668. The Labute approximate surface area is 133 Å². The van der Waals surface area contributed by atoms with Crippen LogP contribution in [0.15, 0.2) is 35.1 Å². The van der Waals surface area contributed by atoms with Gasteiger partial charge in [-0.3, -0.25) is 9.59 Å². The normalized spacial score (nSPS) is 19.6. The van der Waals surface area contributed by atoms with E-state index in [0.717, 1.165) is 11.1 Å². The molecule has 3 rings (SSSR count). The van der Waals surface area contributed by atoms with Gasteiger partial charge in [-0.1, -0.05) is 43.3 Å². The zero-order chi connectivity index (χ0) is 16.6. The highest BCUT2D eigenvalue weighted by atomic mass is 16.5. The van der Waals surface area contributed by atoms with Crippen molar-refractivity contribution >= 4 is 11.9 Å². The molecule has 0 fully saturated rings. The molecule has 120 valence electrons. The van der Waals surface area contributed by atoms with Gasteiger partial charge in [0, 0.05) is 0 Å². The van der Waals surface area contributed by atoms with Crippen molar-refractivity contribution in [3.05, 3.63) is 52.9 Å². The van der Waals surface area contributed by atoms with Gasteiger partial charge in [-0.25, -0.2) is 0 Å². The van der Waals surface area contributed by atoms with Crippen molar-refractivity contribution in [1.82, 2.24) is 10.5 Å². The van der Waals surface area contributed by atoms with Crippen LogP contribution in [-0.2, 0) is 4.79 Å². The Balaban J connectivity index is 1.85. The van der Waals surface area contributed by atoms with E-state index in [1.807, 2.05) is 32.0 Å². The number of carboxylic acids is 1. The predicted molar refractivity (Wildman–Crippen MR) is 82.2 cm³/mol. The molecule has 2 aromatic rings. The van der Waals surface area contributed by atoms with E-state index in [9.17, 15) is 14.7 Å². The first-order valence-electron chi connectivity index (χ1n) is 7.55. The van der Waals surface area contributed by atoms with E-state index in [2.05, 4.69) is 10.5 Å². The van der Waals surface area contributed by atoms with Gasteiger partial charge in [0.25, 0.3) is 5.91 Å². The van der Waals surface area contributed by atoms with Crippen LogP contribution in [0.3, 0.4) is 0 Å². The number of aliphatic carboxylic acids is 1. The maximum atomic E-state index is 12.5. The van der Waals surface area contributed by atoms with Crippen LogP contribution in [0, 0.1) is 0 Å². The third-order valence-corrected chi connectivity index (χ3v) is 4.21. The lowest BCUT2D eigenvalue weighted by atomic mass is 10.0. The summed E-state index contributed by atoms with van der Waals surface area (Å²) in [5.41, 5.74) is 2.62. The number of carbonyl (C=O) groups is 2. The first-order chi connectivity index (χ1) is 11.0. The highest BCUT2D eigenvalue weighted by Crippen LogP contribution is 2.40. The second-order valence-corrected chi connectivity index (χ2v) is 6.05. The summed E-state index contributed by atoms with van der Waals surface area (Å²) in [4.78, 5) is 23.9. The van der Waals surface area contributed by atoms with Gasteiger partial charge in [0.2, 0.25) is 0 Å². The van der Waals surface area contributed by atoms with Gasteiger partial charge in [0.05, 0.1) is 17.7 Å². The van der Waals surface area contributed by atoms with E-state index in [-0.39, 0.29) is 17.9 Å². The summed E-state index contributed by atoms with van der Waals surface area (Å²) < 4.78 is 4.92. The number of carbonyl (C=O) groups excluding carboxylic acids is 1. The Morgan fingerprint density at radius 3 is 2.65 bits per heavy atom. The van der Waals surface area contributed by atoms with Crippen molar-refractivity contribution in [3.63, 3.8) is 0 Å². The van der Waals surface area contributed by atoms with Gasteiger partial charge in [-0.15, -0.1) is 0 Å². The molecule has 2 N–H and O–H groups in total. The number of aromatic nitrogens is 1. The Kier molecular flexibility index (Phi) is 3.90. The maximum absolute atomic E-state index is 12.5. The summed E-state index contributed by atoms with van der Waals surface area (Å²) >= 11 is 0. The number of fused-ring (bicyclic) bond motifs is 1.